The molecule has 1 heterocycles. The number of carbonyl (C=O) groups is 1. The molecule has 1 atom stereocenters. The summed E-state index contributed by atoms with van der Waals surface area (Å²) in [7, 11) is 0. The topological polar surface area (TPSA) is 59.0 Å². The summed E-state index contributed by atoms with van der Waals surface area (Å²) in [4.78, 5) is 14.0. The van der Waals surface area contributed by atoms with Crippen molar-refractivity contribution in [2.75, 3.05) is 32.8 Å². The van der Waals surface area contributed by atoms with Crippen molar-refractivity contribution in [2.45, 2.75) is 49.7 Å². The zero-order chi connectivity index (χ0) is 35.8. The highest BCUT2D eigenvalue weighted by molar-refractivity contribution is 6.42. The van der Waals surface area contributed by atoms with Crippen LogP contribution in [0.4, 0.5) is 26.3 Å². The molecule has 0 saturated carbocycles. The number of esters is 1. The Morgan fingerprint density at radius 2 is 1.57 bits per heavy atom. The molecular weight excluding hydrogens is 695 g/mol. The van der Waals surface area contributed by atoms with E-state index in [1.54, 1.807) is 24.3 Å². The van der Waals surface area contributed by atoms with Gasteiger partial charge in [0.05, 0.1) is 40.0 Å². The lowest BCUT2D eigenvalue weighted by molar-refractivity contribution is -0.143. The van der Waals surface area contributed by atoms with Crippen LogP contribution in [0.1, 0.15) is 53.0 Å². The number of ether oxygens (including phenoxy) is 2. The van der Waals surface area contributed by atoms with E-state index in [2.05, 4.69) is 11.5 Å². The molecule has 1 N–H and O–H groups in total. The van der Waals surface area contributed by atoms with Crippen molar-refractivity contribution in [1.82, 2.24) is 4.90 Å². The first-order valence-electron chi connectivity index (χ1n) is 15.4. The van der Waals surface area contributed by atoms with Gasteiger partial charge in [-0.05, 0) is 84.5 Å². The number of alkyl halides is 6. The highest BCUT2D eigenvalue weighted by Gasteiger charge is 2.37. The van der Waals surface area contributed by atoms with E-state index in [-0.39, 0.29) is 29.9 Å². The normalized spacial score (nSPS) is 16.3. The summed E-state index contributed by atoms with van der Waals surface area (Å²) in [6, 6.07) is 15.8. The minimum absolute atomic E-state index is 0.0599. The molecule has 0 spiro atoms. The lowest BCUT2D eigenvalue weighted by atomic mass is 9.84. The monoisotopic (exact) mass is 729 g/mol. The lowest BCUT2D eigenvalue weighted by Gasteiger charge is -2.39. The fraction of sp³-hybridized carbons (Fsp3) is 0.361. The van der Waals surface area contributed by atoms with Gasteiger partial charge in [0.1, 0.15) is 6.61 Å². The molecule has 3 aromatic rings. The van der Waals surface area contributed by atoms with Crippen LogP contribution >= 0.6 is 23.2 Å². The number of hydrogen-bond donors (Lipinski definition) is 1. The van der Waals surface area contributed by atoms with Gasteiger partial charge in [0, 0.05) is 25.1 Å². The average molecular weight is 731 g/mol. The molecule has 1 unspecified atom stereocenters. The van der Waals surface area contributed by atoms with Gasteiger partial charge in [-0.15, -0.1) is 0 Å². The summed E-state index contributed by atoms with van der Waals surface area (Å²) in [5.41, 5.74) is -2.03. The van der Waals surface area contributed by atoms with E-state index in [0.29, 0.717) is 61.6 Å². The van der Waals surface area contributed by atoms with Crippen molar-refractivity contribution in [1.29, 1.82) is 0 Å². The highest BCUT2D eigenvalue weighted by atomic mass is 35.5. The van der Waals surface area contributed by atoms with Crippen molar-refractivity contribution < 1.29 is 45.7 Å². The summed E-state index contributed by atoms with van der Waals surface area (Å²) in [6.45, 7) is 4.15. The molecule has 3 aromatic carbocycles. The number of benzene rings is 3. The molecule has 264 valence electrons. The smallest absolute Gasteiger partial charge is 0.416 e. The number of carbonyl (C=O) groups excluding carboxylic acids is 1. The van der Waals surface area contributed by atoms with Gasteiger partial charge >= 0.3 is 18.3 Å². The molecule has 0 bridgehead atoms. The number of aliphatic hydroxyl groups is 1. The molecule has 0 aromatic heterocycles. The minimum atomic E-state index is -5.00. The van der Waals surface area contributed by atoms with E-state index >= 15 is 0 Å². The molecule has 0 amide bonds. The maximum atomic E-state index is 13.4. The summed E-state index contributed by atoms with van der Waals surface area (Å²) in [5, 5.41) is 11.9. The fourth-order valence-corrected chi connectivity index (χ4v) is 6.08. The van der Waals surface area contributed by atoms with Gasteiger partial charge < -0.3 is 19.5 Å². The Morgan fingerprint density at radius 1 is 0.939 bits per heavy atom. The summed E-state index contributed by atoms with van der Waals surface area (Å²) >= 11 is 12.6. The third kappa shape index (κ3) is 10.8. The molecular formula is C36H35Cl2F6NO4. The quantitative estimate of drug-likeness (QED) is 0.0823. The van der Waals surface area contributed by atoms with Gasteiger partial charge in [-0.25, -0.2) is 4.79 Å². The van der Waals surface area contributed by atoms with E-state index < -0.39 is 47.6 Å². The maximum absolute atomic E-state index is 13.4. The van der Waals surface area contributed by atoms with Crippen molar-refractivity contribution in [2.24, 2.45) is 0 Å². The van der Waals surface area contributed by atoms with Crippen LogP contribution in [0.15, 0.2) is 91.0 Å². The molecule has 5 nitrogen and oxygen atoms in total. The Kier molecular flexibility index (Phi) is 13.0. The number of halogens is 8. The van der Waals surface area contributed by atoms with Gasteiger partial charge in [-0.1, -0.05) is 66.2 Å². The fourth-order valence-electron chi connectivity index (χ4n) is 5.77. The molecule has 49 heavy (non-hydrogen) atoms. The van der Waals surface area contributed by atoms with Crippen molar-refractivity contribution in [3.63, 3.8) is 0 Å². The second-order valence-corrected chi connectivity index (χ2v) is 12.6. The molecule has 0 aliphatic carbocycles. The first kappa shape index (κ1) is 38.5. The number of nitrogens with zero attached hydrogens (tertiary/aromatic N) is 1. The van der Waals surface area contributed by atoms with E-state index in [1.807, 2.05) is 30.3 Å². The van der Waals surface area contributed by atoms with Crippen molar-refractivity contribution >= 4 is 29.2 Å². The standard InChI is InChI=1S/C36H35Cl2F6NO4/c1-2-33(46)49-17-11-26(23-48-22-24-18-28(35(39,40)41)21-29(19-24)36(42,43)44)30(25-8-9-31(37)32(38)20-25)10-14-45-15-12-34(47,13-16-45)27-6-4-3-5-7-27/h2-9,11,18-21,30,47H,1,10,12-17,22-23H2/b26-11+. The molecule has 4 rings (SSSR count). The maximum Gasteiger partial charge on any atom is 0.416 e. The molecule has 1 aliphatic rings. The molecule has 1 fully saturated rings. The van der Waals surface area contributed by atoms with Crippen LogP contribution in [0.5, 0.6) is 0 Å². The van der Waals surface area contributed by atoms with E-state index in [4.69, 9.17) is 32.7 Å². The lowest BCUT2D eigenvalue weighted by Crippen LogP contribution is -2.43. The third-order valence-corrected chi connectivity index (χ3v) is 9.18. The van der Waals surface area contributed by atoms with E-state index in [9.17, 15) is 36.2 Å². The summed E-state index contributed by atoms with van der Waals surface area (Å²) in [5.74, 6) is -1.12. The van der Waals surface area contributed by atoms with Crippen LogP contribution in [0.2, 0.25) is 10.0 Å². The Morgan fingerprint density at radius 3 is 2.14 bits per heavy atom. The van der Waals surface area contributed by atoms with Crippen LogP contribution in [0.3, 0.4) is 0 Å². The summed E-state index contributed by atoms with van der Waals surface area (Å²) in [6.07, 6.45) is -5.93. The minimum Gasteiger partial charge on any atom is -0.458 e. The zero-order valence-electron chi connectivity index (χ0n) is 26.3. The van der Waals surface area contributed by atoms with Crippen LogP contribution in [-0.2, 0) is 38.8 Å². The average Bonchev–Trinajstić information content (AvgIpc) is 3.06. The Hall–Kier alpha value is -3.35. The first-order valence-corrected chi connectivity index (χ1v) is 16.1. The number of hydrogen-bond acceptors (Lipinski definition) is 5. The van der Waals surface area contributed by atoms with Crippen LogP contribution < -0.4 is 0 Å². The number of piperidine rings is 1. The Balaban J connectivity index is 1.57. The predicted octanol–water partition coefficient (Wildman–Crippen LogP) is 9.36. The second-order valence-electron chi connectivity index (χ2n) is 11.8. The molecule has 0 radical (unpaired) electrons. The molecule has 1 saturated heterocycles. The SMILES string of the molecule is C=CC(=O)OC/C=C(\COCc1cc(C(F)(F)F)cc(C(F)(F)F)c1)C(CCN1CCC(O)(c2ccccc2)CC1)c1ccc(Cl)c(Cl)c1. The van der Waals surface area contributed by atoms with Gasteiger partial charge in [0.15, 0.2) is 0 Å². The van der Waals surface area contributed by atoms with Crippen molar-refractivity contribution in [3.8, 4) is 0 Å². The number of likely N-dealkylation sites (tertiary alicyclic amines) is 1. The van der Waals surface area contributed by atoms with E-state index in [0.717, 1.165) is 17.2 Å². The molecule has 1 aliphatic heterocycles. The Bertz CT molecular complexity index is 1590. The van der Waals surface area contributed by atoms with Crippen LogP contribution in [0.25, 0.3) is 0 Å². The number of rotatable bonds is 13. The molecule has 13 heteroatoms. The summed E-state index contributed by atoms with van der Waals surface area (Å²) < 4.78 is 91.5. The zero-order valence-corrected chi connectivity index (χ0v) is 27.8. The highest BCUT2D eigenvalue weighted by Crippen LogP contribution is 2.38. The predicted molar refractivity (Wildman–Crippen MR) is 175 cm³/mol. The van der Waals surface area contributed by atoms with E-state index in [1.165, 1.54) is 0 Å². The van der Waals surface area contributed by atoms with Gasteiger partial charge in [0.25, 0.3) is 0 Å². The van der Waals surface area contributed by atoms with Crippen LogP contribution in [-0.4, -0.2) is 48.8 Å². The third-order valence-electron chi connectivity index (χ3n) is 8.44. The largest absolute Gasteiger partial charge is 0.458 e. The Labute approximate surface area is 290 Å². The van der Waals surface area contributed by atoms with Crippen molar-refractivity contribution in [3.05, 3.63) is 129 Å². The van der Waals surface area contributed by atoms with Gasteiger partial charge in [-0.2, -0.15) is 26.3 Å². The van der Waals surface area contributed by atoms with Gasteiger partial charge in [0.2, 0.25) is 0 Å². The van der Waals surface area contributed by atoms with Crippen LogP contribution in [0, 0.1) is 0 Å². The first-order chi connectivity index (χ1) is 23.1. The van der Waals surface area contributed by atoms with Gasteiger partial charge in [-0.3, -0.25) is 0 Å². The second kappa shape index (κ2) is 16.6.